The summed E-state index contributed by atoms with van der Waals surface area (Å²) < 4.78 is 0. The van der Waals surface area contributed by atoms with E-state index in [1.54, 1.807) is 24.5 Å². The van der Waals surface area contributed by atoms with Crippen LogP contribution in [0, 0.1) is 11.3 Å². The molecule has 5 heteroatoms. The van der Waals surface area contributed by atoms with Gasteiger partial charge in [-0.25, -0.2) is 4.98 Å². The Morgan fingerprint density at radius 1 is 1.00 bits per heavy atom. The third-order valence-corrected chi connectivity index (χ3v) is 3.41. The summed E-state index contributed by atoms with van der Waals surface area (Å²) in [6.45, 7) is 0. The van der Waals surface area contributed by atoms with Gasteiger partial charge in [0, 0.05) is 10.9 Å². The van der Waals surface area contributed by atoms with E-state index in [0.29, 0.717) is 5.56 Å². The molecule has 0 radical (unpaired) electrons. The first-order valence-electron chi connectivity index (χ1n) is 6.44. The molecule has 2 aromatic carbocycles. The highest BCUT2D eigenvalue weighted by Crippen LogP contribution is 2.22. The van der Waals surface area contributed by atoms with Crippen molar-refractivity contribution in [2.75, 3.05) is 0 Å². The maximum absolute atomic E-state index is 8.83. The first-order valence-corrected chi connectivity index (χ1v) is 6.44. The third-order valence-electron chi connectivity index (χ3n) is 3.41. The molecule has 1 N–H and O–H groups in total. The van der Waals surface area contributed by atoms with Crippen molar-refractivity contribution in [3.8, 4) is 17.3 Å². The number of H-pyrrole nitrogens is 1. The summed E-state index contributed by atoms with van der Waals surface area (Å²) in [5, 5.41) is 16.8. The predicted molar refractivity (Wildman–Crippen MR) is 79.3 cm³/mol. The van der Waals surface area contributed by atoms with Crippen LogP contribution in [0.1, 0.15) is 5.56 Å². The van der Waals surface area contributed by atoms with E-state index in [1.165, 1.54) is 0 Å². The molecule has 0 spiro atoms. The molecule has 21 heavy (non-hydrogen) atoms. The highest BCUT2D eigenvalue weighted by molar-refractivity contribution is 5.92. The van der Waals surface area contributed by atoms with Gasteiger partial charge >= 0.3 is 0 Å². The fraction of sp³-hybridized carbons (Fsp3) is 0. The predicted octanol–water partition coefficient (Wildman–Crippen LogP) is 3.04. The smallest absolute Gasteiger partial charge is 0.0991 e. The van der Waals surface area contributed by atoms with E-state index in [-0.39, 0.29) is 0 Å². The number of nitrogens with zero attached hydrogens (tertiary/aromatic N) is 4. The Morgan fingerprint density at radius 2 is 1.86 bits per heavy atom. The van der Waals surface area contributed by atoms with Crippen LogP contribution in [0.25, 0.3) is 33.2 Å². The zero-order valence-electron chi connectivity index (χ0n) is 10.9. The fourth-order valence-electron chi connectivity index (χ4n) is 2.30. The van der Waals surface area contributed by atoms with Crippen molar-refractivity contribution in [2.24, 2.45) is 0 Å². The molecule has 2 heterocycles. The molecule has 0 fully saturated rings. The Balaban J connectivity index is 1.88. The lowest BCUT2D eigenvalue weighted by Crippen LogP contribution is -1.89. The Kier molecular flexibility index (Phi) is 2.42. The minimum atomic E-state index is 0.631. The number of nitriles is 1. The van der Waals surface area contributed by atoms with Gasteiger partial charge in [0.1, 0.15) is 0 Å². The minimum Gasteiger partial charge on any atom is -0.278 e. The van der Waals surface area contributed by atoms with E-state index in [4.69, 9.17) is 5.26 Å². The van der Waals surface area contributed by atoms with Gasteiger partial charge in [0.25, 0.3) is 0 Å². The van der Waals surface area contributed by atoms with Crippen molar-refractivity contribution >= 4 is 21.9 Å². The summed E-state index contributed by atoms with van der Waals surface area (Å²) in [6.07, 6.45) is 3.51. The van der Waals surface area contributed by atoms with Gasteiger partial charge in [-0.15, -0.1) is 0 Å². The van der Waals surface area contributed by atoms with E-state index in [1.807, 2.05) is 24.3 Å². The molecule has 4 rings (SSSR count). The quantitative estimate of drug-likeness (QED) is 0.577. The first-order chi connectivity index (χ1) is 10.3. The van der Waals surface area contributed by atoms with Gasteiger partial charge in [-0.05, 0) is 24.3 Å². The molecule has 98 valence electrons. The minimum absolute atomic E-state index is 0.631. The number of benzene rings is 2. The number of nitrogens with one attached hydrogen (secondary N) is 1. The van der Waals surface area contributed by atoms with Gasteiger partial charge in [-0.1, -0.05) is 12.1 Å². The number of aromatic amines is 1. The Bertz CT molecular complexity index is 993. The number of fused-ring (bicyclic) bond motifs is 2. The van der Waals surface area contributed by atoms with Crippen LogP contribution >= 0.6 is 0 Å². The normalized spacial score (nSPS) is 10.8. The molecular weight excluding hydrogens is 262 g/mol. The Morgan fingerprint density at radius 3 is 2.67 bits per heavy atom. The summed E-state index contributed by atoms with van der Waals surface area (Å²) in [5.74, 6) is 0. The summed E-state index contributed by atoms with van der Waals surface area (Å²) in [7, 11) is 0. The highest BCUT2D eigenvalue weighted by atomic mass is 15.1. The van der Waals surface area contributed by atoms with Crippen LogP contribution in [0.4, 0.5) is 0 Å². The summed E-state index contributed by atoms with van der Waals surface area (Å²) in [4.78, 5) is 9.10. The Labute approximate surface area is 119 Å². The van der Waals surface area contributed by atoms with Gasteiger partial charge < -0.3 is 0 Å². The average Bonchev–Trinajstić information content (AvgIpc) is 2.99. The SMILES string of the molecule is N#Cc1ccc(-c2cnc3cc4cn[nH]c4cc3n2)cc1. The molecule has 0 saturated carbocycles. The second kappa shape index (κ2) is 4.39. The molecular formula is C16H9N5. The molecule has 0 atom stereocenters. The van der Waals surface area contributed by atoms with E-state index in [9.17, 15) is 0 Å². The van der Waals surface area contributed by atoms with Crippen LogP contribution in [-0.2, 0) is 0 Å². The summed E-state index contributed by atoms with van der Waals surface area (Å²) in [5.41, 5.74) is 4.94. The molecule has 0 bridgehead atoms. The lowest BCUT2D eigenvalue weighted by molar-refractivity contribution is 1.12. The molecule has 0 aliphatic carbocycles. The summed E-state index contributed by atoms with van der Waals surface area (Å²) >= 11 is 0. The average molecular weight is 271 g/mol. The third kappa shape index (κ3) is 1.90. The molecule has 0 aliphatic heterocycles. The van der Waals surface area contributed by atoms with Crippen molar-refractivity contribution < 1.29 is 0 Å². The van der Waals surface area contributed by atoms with E-state index < -0.39 is 0 Å². The number of aromatic nitrogens is 4. The molecule has 4 aromatic rings. The van der Waals surface area contributed by atoms with Crippen molar-refractivity contribution in [2.45, 2.75) is 0 Å². The van der Waals surface area contributed by atoms with Crippen LogP contribution in [-0.4, -0.2) is 20.2 Å². The molecule has 0 unspecified atom stereocenters. The van der Waals surface area contributed by atoms with Crippen molar-refractivity contribution in [1.29, 1.82) is 5.26 Å². The second-order valence-electron chi connectivity index (χ2n) is 4.74. The Hall–Kier alpha value is -3.26. The summed E-state index contributed by atoms with van der Waals surface area (Å²) in [6, 6.07) is 13.3. The van der Waals surface area contributed by atoms with Crippen LogP contribution in [0.2, 0.25) is 0 Å². The van der Waals surface area contributed by atoms with Crippen LogP contribution < -0.4 is 0 Å². The highest BCUT2D eigenvalue weighted by Gasteiger charge is 2.05. The monoisotopic (exact) mass is 271 g/mol. The van der Waals surface area contributed by atoms with Crippen LogP contribution in [0.5, 0.6) is 0 Å². The fourth-order valence-corrected chi connectivity index (χ4v) is 2.30. The van der Waals surface area contributed by atoms with Crippen molar-refractivity contribution in [1.82, 2.24) is 20.2 Å². The number of hydrogen-bond donors (Lipinski definition) is 1. The maximum Gasteiger partial charge on any atom is 0.0991 e. The molecule has 0 amide bonds. The lowest BCUT2D eigenvalue weighted by Gasteiger charge is -2.03. The first kappa shape index (κ1) is 11.6. The van der Waals surface area contributed by atoms with Crippen molar-refractivity contribution in [3.05, 3.63) is 54.4 Å². The standard InChI is InChI=1S/C16H9N5/c17-7-10-1-3-11(4-2-10)16-9-18-14-5-12-8-19-21-13(12)6-15(14)20-16/h1-6,8-9H,(H,19,21). The second-order valence-corrected chi connectivity index (χ2v) is 4.74. The van der Waals surface area contributed by atoms with E-state index in [0.717, 1.165) is 33.2 Å². The molecule has 5 nitrogen and oxygen atoms in total. The van der Waals surface area contributed by atoms with Crippen LogP contribution in [0.3, 0.4) is 0 Å². The number of rotatable bonds is 1. The molecule has 2 aromatic heterocycles. The number of hydrogen-bond acceptors (Lipinski definition) is 4. The van der Waals surface area contributed by atoms with E-state index >= 15 is 0 Å². The lowest BCUT2D eigenvalue weighted by atomic mass is 10.1. The van der Waals surface area contributed by atoms with Crippen LogP contribution in [0.15, 0.2) is 48.8 Å². The van der Waals surface area contributed by atoms with Crippen molar-refractivity contribution in [3.63, 3.8) is 0 Å². The molecule has 0 saturated heterocycles. The zero-order chi connectivity index (χ0) is 14.2. The van der Waals surface area contributed by atoms with Gasteiger partial charge in [0.05, 0.1) is 46.3 Å². The largest absolute Gasteiger partial charge is 0.278 e. The van der Waals surface area contributed by atoms with E-state index in [2.05, 4.69) is 26.2 Å². The topological polar surface area (TPSA) is 78.2 Å². The van der Waals surface area contributed by atoms with Gasteiger partial charge in [0.2, 0.25) is 0 Å². The maximum atomic E-state index is 8.83. The van der Waals surface area contributed by atoms with Gasteiger partial charge in [-0.3, -0.25) is 10.1 Å². The molecule has 0 aliphatic rings. The van der Waals surface area contributed by atoms with Gasteiger partial charge in [-0.2, -0.15) is 10.4 Å². The zero-order valence-corrected chi connectivity index (χ0v) is 10.9. The van der Waals surface area contributed by atoms with Gasteiger partial charge in [0.15, 0.2) is 0 Å².